The highest BCUT2D eigenvalue weighted by Crippen LogP contribution is 2.34. The molecule has 0 amide bonds. The summed E-state index contributed by atoms with van der Waals surface area (Å²) in [4.78, 5) is 4.26. The lowest BCUT2D eigenvalue weighted by atomic mass is 9.75. The molecule has 1 fully saturated rings. The van der Waals surface area contributed by atoms with Crippen LogP contribution in [0, 0.1) is 0 Å². The Morgan fingerprint density at radius 3 is 2.87 bits per heavy atom. The summed E-state index contributed by atoms with van der Waals surface area (Å²) in [5.41, 5.74) is 7.15. The van der Waals surface area contributed by atoms with E-state index < -0.39 is 0 Å². The summed E-state index contributed by atoms with van der Waals surface area (Å²) < 4.78 is 0. The van der Waals surface area contributed by atoms with Crippen LogP contribution in [0.4, 0.5) is 5.13 Å². The van der Waals surface area contributed by atoms with Crippen molar-refractivity contribution in [3.8, 4) is 0 Å². The van der Waals surface area contributed by atoms with Crippen LogP contribution in [-0.4, -0.2) is 17.1 Å². The second-order valence-corrected chi connectivity index (χ2v) is 5.23. The molecule has 2 rings (SSSR count). The van der Waals surface area contributed by atoms with E-state index >= 15 is 0 Å². The average Bonchev–Trinajstić information content (AvgIpc) is 2.56. The van der Waals surface area contributed by atoms with Crippen molar-refractivity contribution in [2.45, 2.75) is 44.6 Å². The van der Waals surface area contributed by atoms with E-state index in [1.807, 2.05) is 0 Å². The normalized spacial score (nSPS) is 18.7. The van der Waals surface area contributed by atoms with Gasteiger partial charge in [0.05, 0.1) is 5.69 Å². The van der Waals surface area contributed by atoms with Gasteiger partial charge in [0.15, 0.2) is 5.13 Å². The molecule has 0 unspecified atom stereocenters. The summed E-state index contributed by atoms with van der Waals surface area (Å²) in [6, 6.07) is 0. The molecule has 1 aromatic heterocycles. The number of aromatic nitrogens is 1. The van der Waals surface area contributed by atoms with Crippen LogP contribution in [0.5, 0.6) is 0 Å². The summed E-state index contributed by atoms with van der Waals surface area (Å²) in [7, 11) is 0. The minimum Gasteiger partial charge on any atom is -0.375 e. The highest BCUT2D eigenvalue weighted by Gasteiger charge is 2.33. The molecule has 0 bridgehead atoms. The fourth-order valence-electron chi connectivity index (χ4n) is 2.15. The average molecular weight is 225 g/mol. The molecule has 0 saturated heterocycles. The SMILES string of the molecule is CCC1(NCCc2csc(N)n2)CCC1. The Balaban J connectivity index is 1.74. The van der Waals surface area contributed by atoms with Crippen LogP contribution in [0.2, 0.25) is 0 Å². The molecule has 0 aliphatic heterocycles. The van der Waals surface area contributed by atoms with Crippen molar-refractivity contribution in [2.24, 2.45) is 0 Å². The molecule has 1 aliphatic rings. The van der Waals surface area contributed by atoms with Gasteiger partial charge in [-0.25, -0.2) is 4.98 Å². The lowest BCUT2D eigenvalue weighted by Gasteiger charge is -2.42. The van der Waals surface area contributed by atoms with Crippen molar-refractivity contribution in [1.82, 2.24) is 10.3 Å². The lowest BCUT2D eigenvalue weighted by Crippen LogP contribution is -2.51. The van der Waals surface area contributed by atoms with Crippen LogP contribution in [0.3, 0.4) is 0 Å². The van der Waals surface area contributed by atoms with Crippen molar-refractivity contribution >= 4 is 16.5 Å². The molecule has 84 valence electrons. The molecule has 1 aromatic rings. The fraction of sp³-hybridized carbons (Fsp3) is 0.727. The number of thiazole rings is 1. The van der Waals surface area contributed by atoms with Gasteiger partial charge in [-0.1, -0.05) is 6.92 Å². The van der Waals surface area contributed by atoms with Gasteiger partial charge in [-0.15, -0.1) is 11.3 Å². The molecule has 4 heteroatoms. The van der Waals surface area contributed by atoms with Gasteiger partial charge in [-0.3, -0.25) is 0 Å². The summed E-state index contributed by atoms with van der Waals surface area (Å²) >= 11 is 1.53. The van der Waals surface area contributed by atoms with Crippen molar-refractivity contribution in [3.05, 3.63) is 11.1 Å². The standard InChI is InChI=1S/C11H19N3S/c1-2-11(5-3-6-11)13-7-4-9-8-15-10(12)14-9/h8,13H,2-7H2,1H3,(H2,12,14). The Labute approximate surface area is 95.1 Å². The Kier molecular flexibility index (Phi) is 3.26. The van der Waals surface area contributed by atoms with Gasteiger partial charge in [-0.05, 0) is 25.7 Å². The molecule has 0 aromatic carbocycles. The van der Waals surface area contributed by atoms with E-state index in [2.05, 4.69) is 22.6 Å². The number of nitrogens with one attached hydrogen (secondary N) is 1. The van der Waals surface area contributed by atoms with Crippen LogP contribution >= 0.6 is 11.3 Å². The van der Waals surface area contributed by atoms with E-state index in [0.717, 1.165) is 18.7 Å². The zero-order valence-corrected chi connectivity index (χ0v) is 10.1. The monoisotopic (exact) mass is 225 g/mol. The highest BCUT2D eigenvalue weighted by atomic mass is 32.1. The van der Waals surface area contributed by atoms with E-state index in [9.17, 15) is 0 Å². The summed E-state index contributed by atoms with van der Waals surface area (Å²) in [5.74, 6) is 0. The Hall–Kier alpha value is -0.610. The molecular formula is C11H19N3S. The van der Waals surface area contributed by atoms with Crippen LogP contribution in [0.25, 0.3) is 0 Å². The van der Waals surface area contributed by atoms with E-state index in [0.29, 0.717) is 10.7 Å². The van der Waals surface area contributed by atoms with E-state index in [1.54, 1.807) is 0 Å². The molecule has 1 saturated carbocycles. The predicted molar refractivity (Wildman–Crippen MR) is 65.1 cm³/mol. The Bertz CT molecular complexity index is 312. The first-order valence-electron chi connectivity index (χ1n) is 5.69. The third-order valence-electron chi connectivity index (χ3n) is 3.44. The number of nitrogen functional groups attached to an aromatic ring is 1. The number of hydrogen-bond donors (Lipinski definition) is 2. The Morgan fingerprint density at radius 2 is 2.40 bits per heavy atom. The first-order chi connectivity index (χ1) is 7.24. The van der Waals surface area contributed by atoms with Crippen LogP contribution in [0.1, 0.15) is 38.3 Å². The molecule has 1 aliphatic carbocycles. The molecule has 0 spiro atoms. The minimum atomic E-state index is 0.446. The predicted octanol–water partition coefficient (Wildman–Crippen LogP) is 2.19. The van der Waals surface area contributed by atoms with Gasteiger partial charge in [0, 0.05) is 23.9 Å². The summed E-state index contributed by atoms with van der Waals surface area (Å²) in [6.07, 6.45) is 6.29. The first-order valence-corrected chi connectivity index (χ1v) is 6.57. The van der Waals surface area contributed by atoms with Crippen molar-refractivity contribution in [3.63, 3.8) is 0 Å². The van der Waals surface area contributed by atoms with Crippen molar-refractivity contribution in [2.75, 3.05) is 12.3 Å². The van der Waals surface area contributed by atoms with Gasteiger partial charge < -0.3 is 11.1 Å². The third kappa shape index (κ3) is 2.49. The van der Waals surface area contributed by atoms with Crippen LogP contribution in [0.15, 0.2) is 5.38 Å². The topological polar surface area (TPSA) is 50.9 Å². The molecule has 1 heterocycles. The maximum Gasteiger partial charge on any atom is 0.180 e. The van der Waals surface area contributed by atoms with Crippen molar-refractivity contribution < 1.29 is 0 Å². The number of nitrogens with two attached hydrogens (primary N) is 1. The van der Waals surface area contributed by atoms with Gasteiger partial charge >= 0.3 is 0 Å². The van der Waals surface area contributed by atoms with E-state index in [4.69, 9.17) is 5.73 Å². The van der Waals surface area contributed by atoms with Gasteiger partial charge in [0.2, 0.25) is 0 Å². The third-order valence-corrected chi connectivity index (χ3v) is 4.16. The molecule has 15 heavy (non-hydrogen) atoms. The van der Waals surface area contributed by atoms with Crippen molar-refractivity contribution in [1.29, 1.82) is 0 Å². The first kappa shape index (κ1) is 10.9. The summed E-state index contributed by atoms with van der Waals surface area (Å²) in [5, 5.41) is 6.40. The van der Waals surface area contributed by atoms with Gasteiger partial charge in [0.25, 0.3) is 0 Å². The van der Waals surface area contributed by atoms with E-state index in [-0.39, 0.29) is 0 Å². The molecule has 0 atom stereocenters. The smallest absolute Gasteiger partial charge is 0.180 e. The summed E-state index contributed by atoms with van der Waals surface area (Å²) in [6.45, 7) is 3.30. The highest BCUT2D eigenvalue weighted by molar-refractivity contribution is 7.13. The van der Waals surface area contributed by atoms with E-state index in [1.165, 1.54) is 37.0 Å². The minimum absolute atomic E-state index is 0.446. The quantitative estimate of drug-likeness (QED) is 0.807. The second kappa shape index (κ2) is 4.49. The number of rotatable bonds is 5. The zero-order valence-electron chi connectivity index (χ0n) is 9.25. The molecular weight excluding hydrogens is 206 g/mol. The zero-order chi connectivity index (χ0) is 10.7. The maximum atomic E-state index is 5.59. The lowest BCUT2D eigenvalue weighted by molar-refractivity contribution is 0.179. The molecule has 3 N–H and O–H groups in total. The number of nitrogens with zero attached hydrogens (tertiary/aromatic N) is 1. The van der Waals surface area contributed by atoms with Crippen LogP contribution in [-0.2, 0) is 6.42 Å². The van der Waals surface area contributed by atoms with Crippen LogP contribution < -0.4 is 11.1 Å². The van der Waals surface area contributed by atoms with Gasteiger partial charge in [-0.2, -0.15) is 0 Å². The fourth-order valence-corrected chi connectivity index (χ4v) is 2.75. The number of hydrogen-bond acceptors (Lipinski definition) is 4. The Morgan fingerprint density at radius 1 is 1.60 bits per heavy atom. The largest absolute Gasteiger partial charge is 0.375 e. The maximum absolute atomic E-state index is 5.59. The number of anilines is 1. The second-order valence-electron chi connectivity index (χ2n) is 4.34. The van der Waals surface area contributed by atoms with Gasteiger partial charge in [0.1, 0.15) is 0 Å². The molecule has 3 nitrogen and oxygen atoms in total. The molecule has 0 radical (unpaired) electrons.